The molecular weight excluding hydrogens is 318 g/mol. The molecule has 0 saturated heterocycles. The van der Waals surface area contributed by atoms with Crippen molar-refractivity contribution in [2.24, 2.45) is 0 Å². The van der Waals surface area contributed by atoms with E-state index in [1.807, 2.05) is 43.3 Å². The Balaban J connectivity index is 1.84. The number of rotatable bonds is 10. The van der Waals surface area contributed by atoms with Gasteiger partial charge < -0.3 is 19.5 Å². The van der Waals surface area contributed by atoms with Crippen molar-refractivity contribution < 1.29 is 19.0 Å². The van der Waals surface area contributed by atoms with E-state index in [1.54, 1.807) is 12.1 Å². The summed E-state index contributed by atoms with van der Waals surface area (Å²) in [6, 6.07) is 14.6. The summed E-state index contributed by atoms with van der Waals surface area (Å²) in [6.07, 6.45) is 1.87. The number of para-hydroxylation sites is 2. The molecule has 0 bridgehead atoms. The molecule has 134 valence electrons. The standard InChI is InChI=1S/C20H25NO4/c1-3-13-23-16-9-11-17(12-10-16)25-15-20(22)21-18-7-5-6-8-19(18)24-14-4-2/h5-12H,3-4,13-15H2,1-2H3,(H,21,22). The summed E-state index contributed by atoms with van der Waals surface area (Å²) < 4.78 is 16.6. The highest BCUT2D eigenvalue weighted by molar-refractivity contribution is 5.93. The van der Waals surface area contributed by atoms with Gasteiger partial charge in [-0.05, 0) is 49.2 Å². The first-order valence-electron chi connectivity index (χ1n) is 8.60. The molecule has 0 aliphatic carbocycles. The van der Waals surface area contributed by atoms with Gasteiger partial charge in [-0.15, -0.1) is 0 Å². The minimum Gasteiger partial charge on any atom is -0.494 e. The highest BCUT2D eigenvalue weighted by atomic mass is 16.5. The van der Waals surface area contributed by atoms with E-state index in [-0.39, 0.29) is 12.5 Å². The third-order valence-corrected chi connectivity index (χ3v) is 3.29. The quantitative estimate of drug-likeness (QED) is 0.699. The van der Waals surface area contributed by atoms with Crippen LogP contribution in [0.1, 0.15) is 26.7 Å². The van der Waals surface area contributed by atoms with Crippen molar-refractivity contribution in [2.75, 3.05) is 25.1 Å². The number of benzene rings is 2. The fourth-order valence-electron chi connectivity index (χ4n) is 2.09. The summed E-state index contributed by atoms with van der Waals surface area (Å²) in [5.74, 6) is 1.84. The molecule has 0 saturated carbocycles. The molecule has 1 amide bonds. The van der Waals surface area contributed by atoms with E-state index in [1.165, 1.54) is 0 Å². The van der Waals surface area contributed by atoms with Gasteiger partial charge in [-0.25, -0.2) is 0 Å². The number of carbonyl (C=O) groups is 1. The number of anilines is 1. The van der Waals surface area contributed by atoms with E-state index < -0.39 is 0 Å². The van der Waals surface area contributed by atoms with Gasteiger partial charge >= 0.3 is 0 Å². The zero-order valence-electron chi connectivity index (χ0n) is 14.8. The van der Waals surface area contributed by atoms with E-state index in [9.17, 15) is 4.79 Å². The Morgan fingerprint density at radius 1 is 0.840 bits per heavy atom. The summed E-state index contributed by atoms with van der Waals surface area (Å²) in [5, 5.41) is 2.82. The van der Waals surface area contributed by atoms with Crippen LogP contribution in [0.4, 0.5) is 5.69 Å². The van der Waals surface area contributed by atoms with Crippen LogP contribution in [0.25, 0.3) is 0 Å². The second-order valence-corrected chi connectivity index (χ2v) is 5.50. The summed E-state index contributed by atoms with van der Waals surface area (Å²) >= 11 is 0. The number of carbonyl (C=O) groups excluding carboxylic acids is 1. The topological polar surface area (TPSA) is 56.8 Å². The van der Waals surface area contributed by atoms with Gasteiger partial charge in [0.25, 0.3) is 5.91 Å². The van der Waals surface area contributed by atoms with Gasteiger partial charge in [0, 0.05) is 0 Å². The molecule has 5 heteroatoms. The minimum absolute atomic E-state index is 0.0721. The predicted octanol–water partition coefficient (Wildman–Crippen LogP) is 4.28. The van der Waals surface area contributed by atoms with Crippen molar-refractivity contribution in [2.45, 2.75) is 26.7 Å². The number of hydrogen-bond acceptors (Lipinski definition) is 4. The minimum atomic E-state index is -0.237. The Bertz CT molecular complexity index is 655. The smallest absolute Gasteiger partial charge is 0.262 e. The average molecular weight is 343 g/mol. The van der Waals surface area contributed by atoms with Gasteiger partial charge in [-0.1, -0.05) is 26.0 Å². The van der Waals surface area contributed by atoms with Crippen molar-refractivity contribution >= 4 is 11.6 Å². The van der Waals surface area contributed by atoms with E-state index >= 15 is 0 Å². The third-order valence-electron chi connectivity index (χ3n) is 3.29. The van der Waals surface area contributed by atoms with Crippen LogP contribution in [0.5, 0.6) is 17.2 Å². The molecule has 5 nitrogen and oxygen atoms in total. The molecule has 0 atom stereocenters. The van der Waals surface area contributed by atoms with Crippen molar-refractivity contribution in [1.29, 1.82) is 0 Å². The van der Waals surface area contributed by atoms with Crippen LogP contribution in [0.2, 0.25) is 0 Å². The van der Waals surface area contributed by atoms with Gasteiger partial charge in [0.2, 0.25) is 0 Å². The molecule has 0 aromatic heterocycles. The second kappa shape index (κ2) is 10.2. The van der Waals surface area contributed by atoms with E-state index in [2.05, 4.69) is 12.2 Å². The molecule has 1 N–H and O–H groups in total. The molecule has 0 aliphatic heterocycles. The van der Waals surface area contributed by atoms with Crippen LogP contribution in [0, 0.1) is 0 Å². The molecule has 0 fully saturated rings. The zero-order chi connectivity index (χ0) is 17.9. The number of nitrogens with one attached hydrogen (secondary N) is 1. The van der Waals surface area contributed by atoms with Crippen molar-refractivity contribution in [1.82, 2.24) is 0 Å². The Hall–Kier alpha value is -2.69. The third kappa shape index (κ3) is 6.37. The molecule has 2 aromatic carbocycles. The lowest BCUT2D eigenvalue weighted by molar-refractivity contribution is -0.118. The summed E-state index contributed by atoms with van der Waals surface area (Å²) in [5.41, 5.74) is 0.646. The Kier molecular flexibility index (Phi) is 7.63. The molecule has 2 aromatic rings. The SMILES string of the molecule is CCCOc1ccc(OCC(=O)Nc2ccccc2OCCC)cc1. The largest absolute Gasteiger partial charge is 0.494 e. The number of ether oxygens (including phenoxy) is 3. The molecule has 0 heterocycles. The Labute approximate surface area is 148 Å². The van der Waals surface area contributed by atoms with E-state index in [0.29, 0.717) is 30.4 Å². The maximum atomic E-state index is 12.1. The molecule has 0 spiro atoms. The van der Waals surface area contributed by atoms with Crippen LogP contribution in [-0.4, -0.2) is 25.7 Å². The summed E-state index contributed by atoms with van der Waals surface area (Å²) in [4.78, 5) is 12.1. The van der Waals surface area contributed by atoms with Gasteiger partial charge in [0.05, 0.1) is 18.9 Å². The van der Waals surface area contributed by atoms with E-state index in [0.717, 1.165) is 18.6 Å². The predicted molar refractivity (Wildman–Crippen MR) is 98.6 cm³/mol. The van der Waals surface area contributed by atoms with Gasteiger partial charge in [-0.3, -0.25) is 4.79 Å². The van der Waals surface area contributed by atoms with Gasteiger partial charge in [0.15, 0.2) is 6.61 Å². The normalized spacial score (nSPS) is 10.2. The first-order chi connectivity index (χ1) is 12.2. The highest BCUT2D eigenvalue weighted by Crippen LogP contribution is 2.24. The molecule has 0 radical (unpaired) electrons. The fourth-order valence-corrected chi connectivity index (χ4v) is 2.09. The molecular formula is C20H25NO4. The zero-order valence-corrected chi connectivity index (χ0v) is 14.8. The molecule has 0 aliphatic rings. The maximum Gasteiger partial charge on any atom is 0.262 e. The first-order valence-corrected chi connectivity index (χ1v) is 8.60. The lowest BCUT2D eigenvalue weighted by Gasteiger charge is -2.12. The maximum absolute atomic E-state index is 12.1. The summed E-state index contributed by atoms with van der Waals surface area (Å²) in [6.45, 7) is 5.31. The fraction of sp³-hybridized carbons (Fsp3) is 0.350. The molecule has 2 rings (SSSR count). The van der Waals surface area contributed by atoms with Crippen LogP contribution in [0.3, 0.4) is 0 Å². The first kappa shape index (κ1) is 18.6. The lowest BCUT2D eigenvalue weighted by atomic mass is 10.3. The lowest BCUT2D eigenvalue weighted by Crippen LogP contribution is -2.20. The van der Waals surface area contributed by atoms with Crippen LogP contribution >= 0.6 is 0 Å². The average Bonchev–Trinajstić information content (AvgIpc) is 2.65. The highest BCUT2D eigenvalue weighted by Gasteiger charge is 2.08. The van der Waals surface area contributed by atoms with Crippen LogP contribution < -0.4 is 19.5 Å². The van der Waals surface area contributed by atoms with Crippen LogP contribution in [0.15, 0.2) is 48.5 Å². The van der Waals surface area contributed by atoms with Crippen molar-refractivity contribution in [3.63, 3.8) is 0 Å². The monoisotopic (exact) mass is 343 g/mol. The molecule has 25 heavy (non-hydrogen) atoms. The van der Waals surface area contributed by atoms with Crippen molar-refractivity contribution in [3.8, 4) is 17.2 Å². The summed E-state index contributed by atoms with van der Waals surface area (Å²) in [7, 11) is 0. The number of amides is 1. The Morgan fingerprint density at radius 3 is 2.12 bits per heavy atom. The van der Waals surface area contributed by atoms with E-state index in [4.69, 9.17) is 14.2 Å². The van der Waals surface area contributed by atoms with Crippen LogP contribution in [-0.2, 0) is 4.79 Å². The Morgan fingerprint density at radius 2 is 1.44 bits per heavy atom. The van der Waals surface area contributed by atoms with Gasteiger partial charge in [0.1, 0.15) is 17.2 Å². The molecule has 0 unspecified atom stereocenters. The number of hydrogen-bond donors (Lipinski definition) is 1. The van der Waals surface area contributed by atoms with Gasteiger partial charge in [-0.2, -0.15) is 0 Å². The van der Waals surface area contributed by atoms with Crippen molar-refractivity contribution in [3.05, 3.63) is 48.5 Å². The second-order valence-electron chi connectivity index (χ2n) is 5.50.